The number of carboxylic acid groups (broad SMARTS) is 1. The van der Waals surface area contributed by atoms with E-state index < -0.39 is 5.97 Å². The largest absolute Gasteiger partial charge is 0.489 e. The van der Waals surface area contributed by atoms with Crippen molar-refractivity contribution in [3.8, 4) is 17.0 Å². The fourth-order valence-corrected chi connectivity index (χ4v) is 5.88. The van der Waals surface area contributed by atoms with Gasteiger partial charge in [0, 0.05) is 21.9 Å². The summed E-state index contributed by atoms with van der Waals surface area (Å²) >= 11 is 19.6. The van der Waals surface area contributed by atoms with Crippen molar-refractivity contribution in [2.24, 2.45) is 0 Å². The summed E-state index contributed by atoms with van der Waals surface area (Å²) in [7, 11) is 0. The molecule has 1 aliphatic carbocycles. The predicted octanol–water partition coefficient (Wildman–Crippen LogP) is 9.15. The van der Waals surface area contributed by atoms with E-state index in [1.807, 2.05) is 44.2 Å². The Labute approximate surface area is 236 Å². The lowest BCUT2D eigenvalue weighted by Crippen LogP contribution is -2.05. The SMILES string of the molecule is CC(C)c1onc(-c2c(Cl)cccc2Cl)c1COc1ccc(C2CC2(C)c2ccc(C(=O)O)cc2)c(Cl)c1. The summed E-state index contributed by atoms with van der Waals surface area (Å²) in [6.07, 6.45) is 0.930. The Kier molecular flexibility index (Phi) is 7.21. The Morgan fingerprint density at radius 2 is 1.76 bits per heavy atom. The van der Waals surface area contributed by atoms with Gasteiger partial charge in [-0.15, -0.1) is 0 Å². The van der Waals surface area contributed by atoms with E-state index in [9.17, 15) is 9.90 Å². The van der Waals surface area contributed by atoms with Gasteiger partial charge in [-0.3, -0.25) is 0 Å². The number of ether oxygens (including phenoxy) is 1. The first-order valence-corrected chi connectivity index (χ1v) is 13.4. The summed E-state index contributed by atoms with van der Waals surface area (Å²) in [6.45, 7) is 6.43. The second-order valence-corrected chi connectivity index (χ2v) is 11.4. The molecule has 0 bridgehead atoms. The van der Waals surface area contributed by atoms with E-state index in [2.05, 4.69) is 12.1 Å². The van der Waals surface area contributed by atoms with Crippen LogP contribution >= 0.6 is 34.8 Å². The Bertz CT molecular complexity index is 1490. The summed E-state index contributed by atoms with van der Waals surface area (Å²) < 4.78 is 11.8. The molecule has 2 unspecified atom stereocenters. The molecule has 1 fully saturated rings. The molecule has 0 amide bonds. The van der Waals surface area contributed by atoms with Gasteiger partial charge in [0.15, 0.2) is 0 Å². The van der Waals surface area contributed by atoms with Crippen LogP contribution in [0.1, 0.15) is 71.8 Å². The minimum absolute atomic E-state index is 0.0826. The van der Waals surface area contributed by atoms with Crippen molar-refractivity contribution < 1.29 is 19.2 Å². The van der Waals surface area contributed by atoms with Crippen LogP contribution in [0.15, 0.2) is 65.2 Å². The zero-order valence-electron chi connectivity index (χ0n) is 21.1. The maximum Gasteiger partial charge on any atom is 0.335 e. The molecule has 4 aromatic rings. The fraction of sp³-hybridized carbons (Fsp3) is 0.267. The molecule has 0 radical (unpaired) electrons. The van der Waals surface area contributed by atoms with Crippen molar-refractivity contribution in [2.45, 2.75) is 51.0 Å². The topological polar surface area (TPSA) is 72.6 Å². The second-order valence-electron chi connectivity index (χ2n) is 10.2. The Morgan fingerprint density at radius 1 is 1.08 bits per heavy atom. The maximum atomic E-state index is 11.2. The minimum atomic E-state index is -0.929. The molecule has 0 aliphatic heterocycles. The van der Waals surface area contributed by atoms with Crippen molar-refractivity contribution >= 4 is 40.8 Å². The molecule has 0 saturated heterocycles. The van der Waals surface area contributed by atoms with Crippen LogP contribution in [0.5, 0.6) is 5.75 Å². The first-order valence-electron chi connectivity index (χ1n) is 12.3. The first kappa shape index (κ1) is 26.6. The number of benzene rings is 3. The lowest BCUT2D eigenvalue weighted by Gasteiger charge is -2.15. The maximum absolute atomic E-state index is 11.2. The van der Waals surface area contributed by atoms with Crippen molar-refractivity contribution in [1.82, 2.24) is 5.16 Å². The van der Waals surface area contributed by atoms with Crippen LogP contribution < -0.4 is 4.74 Å². The zero-order chi connectivity index (χ0) is 27.2. The number of hydrogen-bond acceptors (Lipinski definition) is 4. The first-order chi connectivity index (χ1) is 18.1. The zero-order valence-corrected chi connectivity index (χ0v) is 23.4. The van der Waals surface area contributed by atoms with Crippen LogP contribution in [-0.4, -0.2) is 16.2 Å². The number of halogens is 3. The number of aromatic nitrogens is 1. The van der Waals surface area contributed by atoms with Gasteiger partial charge in [0.25, 0.3) is 0 Å². The van der Waals surface area contributed by atoms with E-state index >= 15 is 0 Å². The highest BCUT2D eigenvalue weighted by Gasteiger charge is 2.52. The molecule has 196 valence electrons. The van der Waals surface area contributed by atoms with Crippen LogP contribution in [0.3, 0.4) is 0 Å². The number of carbonyl (C=O) groups is 1. The van der Waals surface area contributed by atoms with Crippen molar-refractivity contribution in [2.75, 3.05) is 0 Å². The van der Waals surface area contributed by atoms with Gasteiger partial charge in [0.1, 0.15) is 23.8 Å². The third kappa shape index (κ3) is 4.91. The van der Waals surface area contributed by atoms with Crippen molar-refractivity contribution in [1.29, 1.82) is 0 Å². The molecule has 1 heterocycles. The molecule has 2 atom stereocenters. The summed E-state index contributed by atoms with van der Waals surface area (Å²) in [4.78, 5) is 11.2. The van der Waals surface area contributed by atoms with E-state index in [-0.39, 0.29) is 29.4 Å². The Morgan fingerprint density at radius 3 is 2.37 bits per heavy atom. The normalized spacial score (nSPS) is 18.6. The average Bonchev–Trinajstić information content (AvgIpc) is 3.38. The van der Waals surface area contributed by atoms with Gasteiger partial charge in [-0.1, -0.05) is 85.0 Å². The van der Waals surface area contributed by atoms with Gasteiger partial charge in [-0.2, -0.15) is 0 Å². The Balaban J connectivity index is 1.36. The van der Waals surface area contributed by atoms with Gasteiger partial charge in [0.05, 0.1) is 21.2 Å². The van der Waals surface area contributed by atoms with Crippen LogP contribution in [0.2, 0.25) is 15.1 Å². The monoisotopic (exact) mass is 569 g/mol. The number of rotatable bonds is 8. The summed E-state index contributed by atoms with van der Waals surface area (Å²) in [5, 5.41) is 15.1. The molecule has 0 spiro atoms. The van der Waals surface area contributed by atoms with Crippen LogP contribution in [-0.2, 0) is 12.0 Å². The van der Waals surface area contributed by atoms with Gasteiger partial charge in [-0.05, 0) is 59.9 Å². The van der Waals surface area contributed by atoms with Crippen LogP contribution in [0.4, 0.5) is 0 Å². The van der Waals surface area contributed by atoms with Gasteiger partial charge >= 0.3 is 5.97 Å². The van der Waals surface area contributed by atoms with E-state index in [4.69, 9.17) is 44.1 Å². The third-order valence-electron chi connectivity index (χ3n) is 7.30. The highest BCUT2D eigenvalue weighted by atomic mass is 35.5. The molecule has 8 heteroatoms. The molecule has 38 heavy (non-hydrogen) atoms. The molecule has 1 aromatic heterocycles. The molecule has 3 aromatic carbocycles. The molecular formula is C30H26Cl3NO4. The molecule has 5 rings (SSSR count). The van der Waals surface area contributed by atoms with Crippen LogP contribution in [0.25, 0.3) is 11.3 Å². The predicted molar refractivity (Wildman–Crippen MR) is 150 cm³/mol. The minimum Gasteiger partial charge on any atom is -0.489 e. The number of hydrogen-bond donors (Lipinski definition) is 1. The van der Waals surface area contributed by atoms with Crippen molar-refractivity contribution in [3.05, 3.63) is 104 Å². The molecule has 5 nitrogen and oxygen atoms in total. The highest BCUT2D eigenvalue weighted by Crippen LogP contribution is 2.61. The molecule has 1 aliphatic rings. The summed E-state index contributed by atoms with van der Waals surface area (Å²) in [5.41, 5.74) is 4.29. The van der Waals surface area contributed by atoms with E-state index in [0.29, 0.717) is 37.8 Å². The Hall–Kier alpha value is -2.99. The van der Waals surface area contributed by atoms with E-state index in [1.54, 1.807) is 30.3 Å². The van der Waals surface area contributed by atoms with Gasteiger partial charge in [0.2, 0.25) is 0 Å². The van der Waals surface area contributed by atoms with E-state index in [1.165, 1.54) is 0 Å². The van der Waals surface area contributed by atoms with Gasteiger partial charge < -0.3 is 14.4 Å². The highest BCUT2D eigenvalue weighted by molar-refractivity contribution is 6.39. The molecule has 1 N–H and O–H groups in total. The second kappa shape index (κ2) is 10.3. The fourth-order valence-electron chi connectivity index (χ4n) is 5.00. The molecule has 1 saturated carbocycles. The number of nitrogens with zero attached hydrogens (tertiary/aromatic N) is 1. The smallest absolute Gasteiger partial charge is 0.335 e. The quantitative estimate of drug-likeness (QED) is 0.229. The third-order valence-corrected chi connectivity index (χ3v) is 8.26. The lowest BCUT2D eigenvalue weighted by molar-refractivity contribution is 0.0697. The number of carboxylic acids is 1. The van der Waals surface area contributed by atoms with E-state index in [0.717, 1.165) is 23.1 Å². The standard InChI is InChI=1S/C30H26Cl3NO4/c1-16(2)28-21(27(34-38-28)26-23(31)5-4-6-24(26)32)15-37-19-11-12-20(25(33)13-19)22-14-30(22,3)18-9-7-17(8-10-18)29(35)36/h4-13,16,22H,14-15H2,1-3H3,(H,35,36). The lowest BCUT2D eigenvalue weighted by atomic mass is 9.92. The molecular weight excluding hydrogens is 545 g/mol. The van der Waals surface area contributed by atoms with Crippen molar-refractivity contribution in [3.63, 3.8) is 0 Å². The average molecular weight is 571 g/mol. The summed E-state index contributed by atoms with van der Waals surface area (Å²) in [5.74, 6) is 0.723. The summed E-state index contributed by atoms with van der Waals surface area (Å²) in [6, 6.07) is 18.1. The van der Waals surface area contributed by atoms with Gasteiger partial charge in [-0.25, -0.2) is 4.79 Å². The van der Waals surface area contributed by atoms with Crippen LogP contribution in [0, 0.1) is 0 Å². The number of aromatic carboxylic acids is 1.